The highest BCUT2D eigenvalue weighted by atomic mass is 16.5. The van der Waals surface area contributed by atoms with E-state index >= 15 is 0 Å². The van der Waals surface area contributed by atoms with Gasteiger partial charge in [-0.25, -0.2) is 0 Å². The number of ether oxygens (including phenoxy) is 1. The molecule has 0 aliphatic rings. The monoisotopic (exact) mass is 189 g/mol. The predicted octanol–water partition coefficient (Wildman–Crippen LogP) is 1.02. The smallest absolute Gasteiger partial charge is 0.0615 e. The normalized spacial score (nSPS) is 18.2. The van der Waals surface area contributed by atoms with Gasteiger partial charge < -0.3 is 15.2 Å². The van der Waals surface area contributed by atoms with Gasteiger partial charge in [-0.1, -0.05) is 13.8 Å². The summed E-state index contributed by atoms with van der Waals surface area (Å²) in [6.45, 7) is 7.24. The Morgan fingerprint density at radius 1 is 1.38 bits per heavy atom. The summed E-state index contributed by atoms with van der Waals surface area (Å²) in [5.74, 6) is 0.297. The second-order valence-corrected chi connectivity index (χ2v) is 3.68. The van der Waals surface area contributed by atoms with Crippen molar-refractivity contribution in [3.05, 3.63) is 0 Å². The molecule has 0 aliphatic carbocycles. The molecule has 3 heteroatoms. The third-order valence-electron chi connectivity index (χ3n) is 2.50. The summed E-state index contributed by atoms with van der Waals surface area (Å²) >= 11 is 0. The van der Waals surface area contributed by atoms with E-state index in [4.69, 9.17) is 9.84 Å². The highest BCUT2D eigenvalue weighted by Crippen LogP contribution is 2.03. The Kier molecular flexibility index (Phi) is 7.23. The van der Waals surface area contributed by atoms with E-state index in [0.717, 1.165) is 13.0 Å². The molecule has 3 nitrogen and oxygen atoms in total. The van der Waals surface area contributed by atoms with E-state index in [-0.39, 0.29) is 6.61 Å². The number of aliphatic hydroxyl groups is 1. The second kappa shape index (κ2) is 7.30. The standard InChI is InChI=1S/C10H23NO2/c1-5-10(7-13-4)11-9(3)8(2)6-12/h8-12H,5-7H2,1-4H3. The van der Waals surface area contributed by atoms with Gasteiger partial charge in [-0.3, -0.25) is 0 Å². The molecule has 80 valence electrons. The minimum absolute atomic E-state index is 0.234. The Morgan fingerprint density at radius 3 is 2.38 bits per heavy atom. The summed E-state index contributed by atoms with van der Waals surface area (Å²) in [5, 5.41) is 12.4. The fraction of sp³-hybridized carbons (Fsp3) is 1.00. The van der Waals surface area contributed by atoms with E-state index in [1.54, 1.807) is 7.11 Å². The predicted molar refractivity (Wildman–Crippen MR) is 54.8 cm³/mol. The first-order valence-corrected chi connectivity index (χ1v) is 5.01. The Morgan fingerprint density at radius 2 is 2.00 bits per heavy atom. The zero-order chi connectivity index (χ0) is 10.3. The van der Waals surface area contributed by atoms with Gasteiger partial charge in [-0.05, 0) is 19.3 Å². The van der Waals surface area contributed by atoms with Crippen LogP contribution in [-0.4, -0.2) is 37.5 Å². The van der Waals surface area contributed by atoms with Crippen LogP contribution in [0, 0.1) is 5.92 Å². The Hall–Kier alpha value is -0.120. The van der Waals surface area contributed by atoms with Gasteiger partial charge in [0.2, 0.25) is 0 Å². The molecule has 0 fully saturated rings. The van der Waals surface area contributed by atoms with Crippen molar-refractivity contribution in [3.8, 4) is 0 Å². The first kappa shape index (κ1) is 12.9. The zero-order valence-electron chi connectivity index (χ0n) is 9.21. The molecular weight excluding hydrogens is 166 g/mol. The van der Waals surface area contributed by atoms with E-state index in [0.29, 0.717) is 18.0 Å². The van der Waals surface area contributed by atoms with E-state index in [1.165, 1.54) is 0 Å². The van der Waals surface area contributed by atoms with E-state index < -0.39 is 0 Å². The van der Waals surface area contributed by atoms with Crippen LogP contribution in [0.2, 0.25) is 0 Å². The SMILES string of the molecule is CCC(COC)NC(C)C(C)CO. The van der Waals surface area contributed by atoms with Crippen molar-refractivity contribution in [1.82, 2.24) is 5.32 Å². The zero-order valence-corrected chi connectivity index (χ0v) is 9.21. The van der Waals surface area contributed by atoms with Gasteiger partial charge in [0.1, 0.15) is 0 Å². The number of nitrogens with one attached hydrogen (secondary N) is 1. The van der Waals surface area contributed by atoms with Crippen LogP contribution in [0.25, 0.3) is 0 Å². The van der Waals surface area contributed by atoms with Gasteiger partial charge in [0.25, 0.3) is 0 Å². The molecule has 0 saturated heterocycles. The summed E-state index contributed by atoms with van der Waals surface area (Å²) in [4.78, 5) is 0. The highest BCUT2D eigenvalue weighted by Gasteiger charge is 2.14. The number of hydrogen-bond donors (Lipinski definition) is 2. The lowest BCUT2D eigenvalue weighted by atomic mass is 10.0. The summed E-state index contributed by atoms with van der Waals surface area (Å²) in [5.41, 5.74) is 0. The fourth-order valence-electron chi connectivity index (χ4n) is 1.18. The molecule has 2 N–H and O–H groups in total. The first-order chi connectivity index (χ1) is 6.15. The van der Waals surface area contributed by atoms with Crippen LogP contribution in [0.3, 0.4) is 0 Å². The van der Waals surface area contributed by atoms with Crippen LogP contribution in [0.5, 0.6) is 0 Å². The molecule has 0 amide bonds. The Labute approximate surface area is 81.5 Å². The topological polar surface area (TPSA) is 41.5 Å². The number of rotatable bonds is 7. The summed E-state index contributed by atoms with van der Waals surface area (Å²) in [7, 11) is 1.71. The number of methoxy groups -OCH3 is 1. The van der Waals surface area contributed by atoms with Crippen molar-refractivity contribution in [3.63, 3.8) is 0 Å². The van der Waals surface area contributed by atoms with Gasteiger partial charge in [-0.15, -0.1) is 0 Å². The largest absolute Gasteiger partial charge is 0.396 e. The van der Waals surface area contributed by atoms with E-state index in [1.807, 2.05) is 6.92 Å². The lowest BCUT2D eigenvalue weighted by Crippen LogP contribution is -2.43. The lowest BCUT2D eigenvalue weighted by Gasteiger charge is -2.25. The second-order valence-electron chi connectivity index (χ2n) is 3.68. The lowest BCUT2D eigenvalue weighted by molar-refractivity contribution is 0.143. The molecule has 3 atom stereocenters. The van der Waals surface area contributed by atoms with Crippen LogP contribution in [-0.2, 0) is 4.74 Å². The summed E-state index contributed by atoms with van der Waals surface area (Å²) in [6, 6.07) is 0.735. The molecule has 13 heavy (non-hydrogen) atoms. The van der Waals surface area contributed by atoms with Crippen molar-refractivity contribution in [1.29, 1.82) is 0 Å². The maximum Gasteiger partial charge on any atom is 0.0615 e. The van der Waals surface area contributed by atoms with Crippen LogP contribution >= 0.6 is 0 Å². The molecule has 3 unspecified atom stereocenters. The minimum Gasteiger partial charge on any atom is -0.396 e. The van der Waals surface area contributed by atoms with Gasteiger partial charge in [0.05, 0.1) is 6.61 Å². The van der Waals surface area contributed by atoms with Crippen LogP contribution in [0.1, 0.15) is 27.2 Å². The van der Waals surface area contributed by atoms with Crippen LogP contribution in [0.15, 0.2) is 0 Å². The van der Waals surface area contributed by atoms with Gasteiger partial charge >= 0.3 is 0 Å². The van der Waals surface area contributed by atoms with Crippen molar-refractivity contribution >= 4 is 0 Å². The van der Waals surface area contributed by atoms with Crippen molar-refractivity contribution < 1.29 is 9.84 Å². The van der Waals surface area contributed by atoms with Crippen molar-refractivity contribution in [2.75, 3.05) is 20.3 Å². The molecule has 0 bridgehead atoms. The van der Waals surface area contributed by atoms with Gasteiger partial charge in [0, 0.05) is 25.8 Å². The third kappa shape index (κ3) is 5.24. The average Bonchev–Trinajstić information content (AvgIpc) is 2.15. The maximum absolute atomic E-state index is 8.95. The maximum atomic E-state index is 8.95. The molecule has 0 aromatic heterocycles. The van der Waals surface area contributed by atoms with Crippen LogP contribution in [0.4, 0.5) is 0 Å². The Bertz CT molecular complexity index is 119. The summed E-state index contributed by atoms with van der Waals surface area (Å²) < 4.78 is 5.08. The summed E-state index contributed by atoms with van der Waals surface area (Å²) in [6.07, 6.45) is 1.05. The molecule has 0 heterocycles. The first-order valence-electron chi connectivity index (χ1n) is 5.01. The van der Waals surface area contributed by atoms with Crippen molar-refractivity contribution in [2.24, 2.45) is 5.92 Å². The van der Waals surface area contributed by atoms with E-state index in [9.17, 15) is 0 Å². The molecule has 0 aromatic carbocycles. The third-order valence-corrected chi connectivity index (χ3v) is 2.50. The highest BCUT2D eigenvalue weighted by molar-refractivity contribution is 4.73. The van der Waals surface area contributed by atoms with Crippen LogP contribution < -0.4 is 5.32 Å². The molecular formula is C10H23NO2. The fourth-order valence-corrected chi connectivity index (χ4v) is 1.18. The number of hydrogen-bond acceptors (Lipinski definition) is 3. The van der Waals surface area contributed by atoms with E-state index in [2.05, 4.69) is 19.2 Å². The molecule has 0 saturated carbocycles. The van der Waals surface area contributed by atoms with Gasteiger partial charge in [0.15, 0.2) is 0 Å². The van der Waals surface area contributed by atoms with Crippen molar-refractivity contribution in [2.45, 2.75) is 39.3 Å². The molecule has 0 rings (SSSR count). The quantitative estimate of drug-likeness (QED) is 0.628. The van der Waals surface area contributed by atoms with Gasteiger partial charge in [-0.2, -0.15) is 0 Å². The molecule has 0 radical (unpaired) electrons. The molecule has 0 aromatic rings. The average molecular weight is 189 g/mol. The molecule has 0 spiro atoms. The Balaban J connectivity index is 3.78. The molecule has 0 aliphatic heterocycles. The minimum atomic E-state index is 0.234. The number of aliphatic hydroxyl groups excluding tert-OH is 1.